The van der Waals surface area contributed by atoms with Gasteiger partial charge in [0, 0.05) is 14.6 Å². The molecule has 2 aromatic heterocycles. The molecule has 0 aliphatic rings. The highest BCUT2D eigenvalue weighted by Crippen LogP contribution is 2.37. The Kier molecular flexibility index (Phi) is 5.90. The highest BCUT2D eigenvalue weighted by atomic mass is 32.1. The van der Waals surface area contributed by atoms with Gasteiger partial charge in [-0.15, -0.1) is 22.7 Å². The highest BCUT2D eigenvalue weighted by Gasteiger charge is 2.18. The van der Waals surface area contributed by atoms with E-state index < -0.39 is 0 Å². The van der Waals surface area contributed by atoms with Crippen molar-refractivity contribution in [2.24, 2.45) is 0 Å². The summed E-state index contributed by atoms with van der Waals surface area (Å²) in [5.74, 6) is 2.52. The number of thiophene rings is 2. The van der Waals surface area contributed by atoms with Crippen molar-refractivity contribution < 1.29 is 0 Å². The van der Waals surface area contributed by atoms with Crippen LogP contribution < -0.4 is 0 Å². The van der Waals surface area contributed by atoms with Gasteiger partial charge in [0.25, 0.3) is 0 Å². The Bertz CT molecular complexity index is 599. The molecular formula is C20H30S2. The van der Waals surface area contributed by atoms with Gasteiger partial charge in [-0.05, 0) is 58.7 Å². The van der Waals surface area contributed by atoms with E-state index in [0.717, 1.165) is 0 Å². The molecule has 0 radical (unpaired) electrons. The second-order valence-corrected chi connectivity index (χ2v) is 9.45. The molecule has 0 amide bonds. The van der Waals surface area contributed by atoms with E-state index in [4.69, 9.17) is 0 Å². The normalized spacial score (nSPS) is 13.5. The zero-order valence-electron chi connectivity index (χ0n) is 15.1. The zero-order valence-corrected chi connectivity index (χ0v) is 16.7. The van der Waals surface area contributed by atoms with Crippen LogP contribution >= 0.6 is 22.7 Å². The lowest BCUT2D eigenvalue weighted by molar-refractivity contribution is 0.744. The Morgan fingerprint density at radius 3 is 1.95 bits per heavy atom. The molecule has 0 bridgehead atoms. The van der Waals surface area contributed by atoms with Gasteiger partial charge in [0.15, 0.2) is 0 Å². The average Bonchev–Trinajstić information content (AvgIpc) is 3.04. The zero-order chi connectivity index (χ0) is 16.4. The fourth-order valence-corrected chi connectivity index (χ4v) is 5.02. The van der Waals surface area contributed by atoms with Gasteiger partial charge >= 0.3 is 0 Å². The first-order chi connectivity index (χ1) is 10.3. The summed E-state index contributed by atoms with van der Waals surface area (Å²) >= 11 is 3.95. The maximum atomic E-state index is 2.47. The lowest BCUT2D eigenvalue weighted by Crippen LogP contribution is -1.99. The van der Waals surface area contributed by atoms with Crippen LogP contribution in [0.5, 0.6) is 0 Å². The van der Waals surface area contributed by atoms with Gasteiger partial charge in [-0.1, -0.05) is 48.5 Å². The quantitative estimate of drug-likeness (QED) is 0.512. The lowest BCUT2D eigenvalue weighted by atomic mass is 9.93. The molecule has 0 nitrogen and oxygen atoms in total. The van der Waals surface area contributed by atoms with Crippen LogP contribution in [-0.2, 0) is 6.42 Å². The molecule has 0 saturated carbocycles. The summed E-state index contributed by atoms with van der Waals surface area (Å²) in [4.78, 5) is 4.65. The third kappa shape index (κ3) is 4.02. The molecule has 2 rings (SSSR count). The topological polar surface area (TPSA) is 0 Å². The second kappa shape index (κ2) is 7.31. The van der Waals surface area contributed by atoms with E-state index in [0.29, 0.717) is 23.7 Å². The summed E-state index contributed by atoms with van der Waals surface area (Å²) in [6.45, 7) is 16.2. The molecule has 122 valence electrons. The maximum Gasteiger partial charge on any atom is 0.0106 e. The predicted octanol–water partition coefficient (Wildman–Crippen LogP) is 7.53. The minimum absolute atomic E-state index is 0.607. The van der Waals surface area contributed by atoms with Crippen LogP contribution in [-0.4, -0.2) is 0 Å². The molecule has 0 aliphatic heterocycles. The molecule has 0 N–H and O–H groups in total. The maximum absolute atomic E-state index is 2.47. The van der Waals surface area contributed by atoms with Crippen LogP contribution in [0.4, 0.5) is 0 Å². The minimum Gasteiger partial charge on any atom is -0.148 e. The number of rotatable bonds is 6. The van der Waals surface area contributed by atoms with E-state index in [1.807, 2.05) is 22.7 Å². The first-order valence-electron chi connectivity index (χ1n) is 8.50. The molecule has 0 aromatic carbocycles. The molecule has 22 heavy (non-hydrogen) atoms. The highest BCUT2D eigenvalue weighted by molar-refractivity contribution is 7.12. The second-order valence-electron chi connectivity index (χ2n) is 7.39. The molecule has 1 unspecified atom stereocenters. The average molecular weight is 335 g/mol. The van der Waals surface area contributed by atoms with Crippen molar-refractivity contribution in [2.45, 2.75) is 78.6 Å². The SMILES string of the molecule is CC(C)c1cc(C(C)Cc2cc(C(C)C)sc2C(C)C)cs1. The molecular weight excluding hydrogens is 304 g/mol. The molecule has 2 heterocycles. The molecule has 0 aliphatic carbocycles. The third-order valence-electron chi connectivity index (χ3n) is 4.26. The van der Waals surface area contributed by atoms with Gasteiger partial charge in [0.05, 0.1) is 0 Å². The molecule has 1 atom stereocenters. The monoisotopic (exact) mass is 334 g/mol. The van der Waals surface area contributed by atoms with Crippen molar-refractivity contribution in [2.75, 3.05) is 0 Å². The fourth-order valence-electron chi connectivity index (χ4n) is 2.77. The number of hydrogen-bond acceptors (Lipinski definition) is 2. The lowest BCUT2D eigenvalue weighted by Gasteiger charge is -2.12. The van der Waals surface area contributed by atoms with Gasteiger partial charge < -0.3 is 0 Å². The standard InChI is InChI=1S/C20H30S2/c1-12(2)18-10-17(11-21-18)15(7)8-16-9-19(13(3)4)22-20(16)14(5)6/h9-15H,8H2,1-7H3. The molecule has 0 saturated heterocycles. The summed E-state index contributed by atoms with van der Waals surface area (Å²) in [7, 11) is 0. The van der Waals surface area contributed by atoms with Crippen molar-refractivity contribution >= 4 is 22.7 Å². The summed E-state index contributed by atoms with van der Waals surface area (Å²) < 4.78 is 0. The van der Waals surface area contributed by atoms with Crippen LogP contribution in [0.2, 0.25) is 0 Å². The van der Waals surface area contributed by atoms with Gasteiger partial charge in [-0.3, -0.25) is 0 Å². The summed E-state index contributed by atoms with van der Waals surface area (Å²) in [6.07, 6.45) is 1.17. The van der Waals surface area contributed by atoms with E-state index in [1.165, 1.54) is 16.9 Å². The summed E-state index contributed by atoms with van der Waals surface area (Å²) in [6, 6.07) is 4.89. The van der Waals surface area contributed by atoms with Gasteiger partial charge in [0.2, 0.25) is 0 Å². The first kappa shape index (κ1) is 17.7. The molecule has 2 aromatic rings. The number of hydrogen-bond donors (Lipinski definition) is 0. The summed E-state index contributed by atoms with van der Waals surface area (Å²) in [5, 5.41) is 2.37. The van der Waals surface area contributed by atoms with E-state index in [1.54, 1.807) is 15.3 Å². The smallest absolute Gasteiger partial charge is 0.0106 e. The van der Waals surface area contributed by atoms with Crippen molar-refractivity contribution in [1.29, 1.82) is 0 Å². The van der Waals surface area contributed by atoms with Crippen molar-refractivity contribution in [3.63, 3.8) is 0 Å². The Labute approximate surface area is 144 Å². The molecule has 0 spiro atoms. The Morgan fingerprint density at radius 2 is 1.45 bits per heavy atom. The van der Waals surface area contributed by atoms with E-state index in [-0.39, 0.29) is 0 Å². The third-order valence-corrected chi connectivity index (χ3v) is 7.29. The predicted molar refractivity (Wildman–Crippen MR) is 103 cm³/mol. The van der Waals surface area contributed by atoms with Crippen LogP contribution in [0, 0.1) is 0 Å². The van der Waals surface area contributed by atoms with Crippen molar-refractivity contribution in [1.82, 2.24) is 0 Å². The van der Waals surface area contributed by atoms with Crippen LogP contribution in [0.3, 0.4) is 0 Å². The van der Waals surface area contributed by atoms with Gasteiger partial charge in [0.1, 0.15) is 0 Å². The van der Waals surface area contributed by atoms with E-state index in [9.17, 15) is 0 Å². The largest absolute Gasteiger partial charge is 0.148 e. The summed E-state index contributed by atoms with van der Waals surface area (Å²) in [5.41, 5.74) is 3.09. The van der Waals surface area contributed by atoms with Crippen molar-refractivity contribution in [3.8, 4) is 0 Å². The fraction of sp³-hybridized carbons (Fsp3) is 0.600. The molecule has 0 fully saturated rings. The Hall–Kier alpha value is -0.600. The van der Waals surface area contributed by atoms with Crippen LogP contribution in [0.15, 0.2) is 17.5 Å². The molecule has 2 heteroatoms. The minimum atomic E-state index is 0.607. The van der Waals surface area contributed by atoms with Gasteiger partial charge in [-0.2, -0.15) is 0 Å². The first-order valence-corrected chi connectivity index (χ1v) is 10.2. The Balaban J connectivity index is 2.21. The van der Waals surface area contributed by atoms with Crippen LogP contribution in [0.25, 0.3) is 0 Å². The van der Waals surface area contributed by atoms with Crippen LogP contribution in [0.1, 0.15) is 97.9 Å². The van der Waals surface area contributed by atoms with Gasteiger partial charge in [-0.25, -0.2) is 0 Å². The Morgan fingerprint density at radius 1 is 0.818 bits per heavy atom. The van der Waals surface area contributed by atoms with E-state index in [2.05, 4.69) is 66.0 Å². The van der Waals surface area contributed by atoms with E-state index >= 15 is 0 Å². The van der Waals surface area contributed by atoms with Crippen molar-refractivity contribution in [3.05, 3.63) is 43.3 Å².